The highest BCUT2D eigenvalue weighted by Crippen LogP contribution is 2.19. The fraction of sp³-hybridized carbons (Fsp3) is 0.538. The number of benzene rings is 1. The third-order valence-electron chi connectivity index (χ3n) is 2.90. The van der Waals surface area contributed by atoms with E-state index in [2.05, 4.69) is 15.9 Å². The molecule has 0 saturated heterocycles. The molecule has 0 aliphatic carbocycles. The van der Waals surface area contributed by atoms with E-state index < -0.39 is 9.05 Å². The van der Waals surface area contributed by atoms with Gasteiger partial charge in [-0.15, -0.1) is 0 Å². The molecule has 0 spiro atoms. The molecule has 108 valence electrons. The van der Waals surface area contributed by atoms with Gasteiger partial charge in [0.05, 0.1) is 19.0 Å². The molecular formula is C13H18BrClO3S. The van der Waals surface area contributed by atoms with Gasteiger partial charge in [0.15, 0.2) is 0 Å². The summed E-state index contributed by atoms with van der Waals surface area (Å²) in [7, 11) is 1.81. The summed E-state index contributed by atoms with van der Waals surface area (Å²) in [5.41, 5.74) is 1.04. The van der Waals surface area contributed by atoms with E-state index in [0.29, 0.717) is 13.2 Å². The minimum absolute atomic E-state index is 0.0534. The first-order valence-electron chi connectivity index (χ1n) is 6.03. The SMILES string of the molecule is CC(C)C(COCc1ccccc1Br)CS(=O)(=O)Cl. The van der Waals surface area contributed by atoms with E-state index in [1.54, 1.807) is 0 Å². The fourth-order valence-corrected chi connectivity index (χ4v) is 3.50. The van der Waals surface area contributed by atoms with Crippen LogP contribution in [-0.2, 0) is 20.4 Å². The second kappa shape index (κ2) is 7.62. The van der Waals surface area contributed by atoms with Gasteiger partial charge in [-0.05, 0) is 23.5 Å². The summed E-state index contributed by atoms with van der Waals surface area (Å²) in [6.45, 7) is 4.76. The molecule has 0 radical (unpaired) electrons. The van der Waals surface area contributed by atoms with Crippen molar-refractivity contribution >= 4 is 35.7 Å². The third kappa shape index (κ3) is 6.75. The quantitative estimate of drug-likeness (QED) is 0.686. The number of ether oxygens (including phenoxy) is 1. The second-order valence-corrected chi connectivity index (χ2v) is 8.49. The van der Waals surface area contributed by atoms with Gasteiger partial charge in [-0.2, -0.15) is 0 Å². The molecule has 19 heavy (non-hydrogen) atoms. The van der Waals surface area contributed by atoms with Gasteiger partial charge in [-0.3, -0.25) is 0 Å². The molecule has 1 aromatic carbocycles. The molecule has 0 fully saturated rings. The molecule has 6 heteroatoms. The Balaban J connectivity index is 2.52. The van der Waals surface area contributed by atoms with E-state index in [4.69, 9.17) is 15.4 Å². The smallest absolute Gasteiger partial charge is 0.232 e. The van der Waals surface area contributed by atoms with Gasteiger partial charge in [0, 0.05) is 15.2 Å². The molecule has 0 saturated carbocycles. The van der Waals surface area contributed by atoms with Crippen LogP contribution in [-0.4, -0.2) is 20.8 Å². The van der Waals surface area contributed by atoms with Gasteiger partial charge in [0.1, 0.15) is 0 Å². The Bertz CT molecular complexity index is 502. The average molecular weight is 370 g/mol. The zero-order chi connectivity index (χ0) is 14.5. The number of hydrogen-bond donors (Lipinski definition) is 0. The van der Waals surface area contributed by atoms with Crippen molar-refractivity contribution in [1.82, 2.24) is 0 Å². The molecule has 1 aromatic rings. The van der Waals surface area contributed by atoms with Crippen molar-refractivity contribution in [1.29, 1.82) is 0 Å². The lowest BCUT2D eigenvalue weighted by atomic mass is 9.99. The summed E-state index contributed by atoms with van der Waals surface area (Å²) < 4.78 is 28.9. The van der Waals surface area contributed by atoms with Gasteiger partial charge in [-0.25, -0.2) is 8.42 Å². The van der Waals surface area contributed by atoms with Crippen LogP contribution >= 0.6 is 26.6 Å². The standard InChI is InChI=1S/C13H18BrClO3S/c1-10(2)12(9-19(15,16)17)8-18-7-11-5-3-4-6-13(11)14/h3-6,10,12H,7-9H2,1-2H3. The highest BCUT2D eigenvalue weighted by atomic mass is 79.9. The molecule has 1 unspecified atom stereocenters. The normalized spacial score (nSPS) is 13.7. The van der Waals surface area contributed by atoms with Gasteiger partial charge >= 0.3 is 0 Å². The Labute approximate surface area is 127 Å². The topological polar surface area (TPSA) is 43.4 Å². The maximum Gasteiger partial charge on any atom is 0.232 e. The summed E-state index contributed by atoms with van der Waals surface area (Å²) in [5.74, 6) is 0.0556. The van der Waals surface area contributed by atoms with Crippen molar-refractivity contribution in [3.63, 3.8) is 0 Å². The summed E-state index contributed by atoms with van der Waals surface area (Å²) in [5, 5.41) is 0. The molecule has 1 rings (SSSR count). The monoisotopic (exact) mass is 368 g/mol. The van der Waals surface area contributed by atoms with E-state index in [1.807, 2.05) is 38.1 Å². The van der Waals surface area contributed by atoms with Crippen molar-refractivity contribution in [2.75, 3.05) is 12.4 Å². The first kappa shape index (κ1) is 17.0. The Morgan fingerprint density at radius 2 is 1.95 bits per heavy atom. The maximum absolute atomic E-state index is 11.1. The maximum atomic E-state index is 11.1. The van der Waals surface area contributed by atoms with E-state index in [0.717, 1.165) is 10.0 Å². The van der Waals surface area contributed by atoms with Crippen LogP contribution in [0.4, 0.5) is 0 Å². The number of rotatable bonds is 7. The van der Waals surface area contributed by atoms with E-state index >= 15 is 0 Å². The van der Waals surface area contributed by atoms with Crippen LogP contribution in [0.5, 0.6) is 0 Å². The highest BCUT2D eigenvalue weighted by molar-refractivity contribution is 9.10. The Morgan fingerprint density at radius 1 is 1.32 bits per heavy atom. The largest absolute Gasteiger partial charge is 0.376 e. The molecule has 0 N–H and O–H groups in total. The summed E-state index contributed by atoms with van der Waals surface area (Å²) in [4.78, 5) is 0. The zero-order valence-electron chi connectivity index (χ0n) is 11.0. The first-order valence-corrected chi connectivity index (χ1v) is 9.30. The number of halogens is 2. The zero-order valence-corrected chi connectivity index (χ0v) is 14.1. The highest BCUT2D eigenvalue weighted by Gasteiger charge is 2.20. The predicted molar refractivity (Wildman–Crippen MR) is 81.8 cm³/mol. The first-order chi connectivity index (χ1) is 8.79. The van der Waals surface area contributed by atoms with E-state index in [9.17, 15) is 8.42 Å². The van der Waals surface area contributed by atoms with E-state index in [1.165, 1.54) is 0 Å². The van der Waals surface area contributed by atoms with Gasteiger partial charge in [0.25, 0.3) is 0 Å². The molecule has 0 aliphatic rings. The van der Waals surface area contributed by atoms with Crippen LogP contribution < -0.4 is 0 Å². The van der Waals surface area contributed by atoms with Crippen LogP contribution in [0.15, 0.2) is 28.7 Å². The fourth-order valence-electron chi connectivity index (χ4n) is 1.62. The molecule has 3 nitrogen and oxygen atoms in total. The lowest BCUT2D eigenvalue weighted by Gasteiger charge is -2.19. The van der Waals surface area contributed by atoms with Gasteiger partial charge in [0.2, 0.25) is 9.05 Å². The van der Waals surface area contributed by atoms with Crippen LogP contribution in [0.3, 0.4) is 0 Å². The minimum Gasteiger partial charge on any atom is -0.376 e. The molecular weight excluding hydrogens is 352 g/mol. The van der Waals surface area contributed by atoms with Crippen LogP contribution in [0.2, 0.25) is 0 Å². The summed E-state index contributed by atoms with van der Waals surface area (Å²) in [6, 6.07) is 7.78. The molecule has 0 aliphatic heterocycles. The predicted octanol–water partition coefficient (Wildman–Crippen LogP) is 3.81. The van der Waals surface area contributed by atoms with Crippen LogP contribution in [0.25, 0.3) is 0 Å². The van der Waals surface area contributed by atoms with Crippen molar-refractivity contribution in [3.8, 4) is 0 Å². The molecule has 0 bridgehead atoms. The van der Waals surface area contributed by atoms with Crippen LogP contribution in [0.1, 0.15) is 19.4 Å². The van der Waals surface area contributed by atoms with Gasteiger partial charge in [-0.1, -0.05) is 48.0 Å². The van der Waals surface area contributed by atoms with E-state index in [-0.39, 0.29) is 17.6 Å². The van der Waals surface area contributed by atoms with Crippen molar-refractivity contribution in [2.45, 2.75) is 20.5 Å². The van der Waals surface area contributed by atoms with Gasteiger partial charge < -0.3 is 4.74 Å². The molecule has 1 atom stereocenters. The third-order valence-corrected chi connectivity index (χ3v) is 4.88. The van der Waals surface area contributed by atoms with Crippen molar-refractivity contribution < 1.29 is 13.2 Å². The molecule has 0 aromatic heterocycles. The molecule has 0 heterocycles. The molecule has 0 amide bonds. The van der Waals surface area contributed by atoms with Crippen molar-refractivity contribution in [3.05, 3.63) is 34.3 Å². The summed E-state index contributed by atoms with van der Waals surface area (Å²) >= 11 is 3.44. The second-order valence-electron chi connectivity index (χ2n) is 4.82. The number of hydrogen-bond acceptors (Lipinski definition) is 3. The van der Waals surface area contributed by atoms with Crippen LogP contribution in [0, 0.1) is 11.8 Å². The average Bonchev–Trinajstić information content (AvgIpc) is 2.28. The lowest BCUT2D eigenvalue weighted by Crippen LogP contribution is -2.23. The Morgan fingerprint density at radius 3 is 2.47 bits per heavy atom. The minimum atomic E-state index is -3.49. The Hall–Kier alpha value is -0.100. The Kier molecular flexibility index (Phi) is 6.80. The van der Waals surface area contributed by atoms with Crippen molar-refractivity contribution in [2.24, 2.45) is 11.8 Å². The lowest BCUT2D eigenvalue weighted by molar-refractivity contribution is 0.0788. The summed E-state index contributed by atoms with van der Waals surface area (Å²) in [6.07, 6.45) is 0.